The second-order valence-corrected chi connectivity index (χ2v) is 4.41. The highest BCUT2D eigenvalue weighted by molar-refractivity contribution is 5.97. The van der Waals surface area contributed by atoms with Crippen LogP contribution < -0.4 is 0 Å². The number of ketones is 1. The zero-order valence-corrected chi connectivity index (χ0v) is 11.1. The maximum Gasteiger partial charge on any atom is 0.176 e. The van der Waals surface area contributed by atoms with Crippen molar-refractivity contribution in [2.24, 2.45) is 0 Å². The number of likely N-dealkylation sites (N-methyl/N-ethyl adjacent to an activating group) is 1. The number of carbonyl (C=O) groups is 1. The first-order valence-corrected chi connectivity index (χ1v) is 6.50. The fourth-order valence-electron chi connectivity index (χ4n) is 1.92. The zero-order valence-electron chi connectivity index (χ0n) is 11.1. The molecule has 0 saturated heterocycles. The summed E-state index contributed by atoms with van der Waals surface area (Å²) < 4.78 is 0. The van der Waals surface area contributed by atoms with Crippen LogP contribution in [0, 0.1) is 0 Å². The molecule has 0 N–H and O–H groups in total. The molecule has 98 valence electrons. The molecule has 0 saturated carbocycles. The predicted molar refractivity (Wildman–Crippen MR) is 76.0 cm³/mol. The molecule has 0 aliphatic rings. The van der Waals surface area contributed by atoms with Crippen molar-refractivity contribution in [1.82, 2.24) is 9.88 Å². The Morgan fingerprint density at radius 2 is 1.84 bits per heavy atom. The highest BCUT2D eigenvalue weighted by Gasteiger charge is 2.11. The van der Waals surface area contributed by atoms with Gasteiger partial charge in [0.05, 0.1) is 12.2 Å². The van der Waals surface area contributed by atoms with E-state index in [9.17, 15) is 4.79 Å². The van der Waals surface area contributed by atoms with Gasteiger partial charge >= 0.3 is 0 Å². The molecule has 0 atom stereocenters. The lowest BCUT2D eigenvalue weighted by Crippen LogP contribution is -2.29. The van der Waals surface area contributed by atoms with Gasteiger partial charge < -0.3 is 0 Å². The Hall–Kier alpha value is -2.00. The second kappa shape index (κ2) is 6.81. The van der Waals surface area contributed by atoms with Crippen LogP contribution in [0.15, 0.2) is 54.7 Å². The van der Waals surface area contributed by atoms with Gasteiger partial charge in [-0.25, -0.2) is 0 Å². The van der Waals surface area contributed by atoms with Gasteiger partial charge in [0.25, 0.3) is 0 Å². The van der Waals surface area contributed by atoms with E-state index in [4.69, 9.17) is 0 Å². The number of hydrogen-bond donors (Lipinski definition) is 0. The number of aromatic nitrogens is 1. The van der Waals surface area contributed by atoms with Gasteiger partial charge in [0.1, 0.15) is 0 Å². The van der Waals surface area contributed by atoms with Crippen LogP contribution in [0.4, 0.5) is 0 Å². The fraction of sp³-hybridized carbons (Fsp3) is 0.250. The number of carbonyl (C=O) groups excluding carboxylic acids is 1. The Morgan fingerprint density at radius 3 is 2.47 bits per heavy atom. The van der Waals surface area contributed by atoms with Gasteiger partial charge in [0.2, 0.25) is 0 Å². The standard InChI is InChI=1S/C16H18N2O/c1-2-18(12-15-10-6-7-11-17-15)13-16(19)14-8-4-3-5-9-14/h3-11H,2,12-13H2,1H3. The summed E-state index contributed by atoms with van der Waals surface area (Å²) in [6.45, 7) is 4.02. The Balaban J connectivity index is 1.98. The first kappa shape index (κ1) is 13.4. The van der Waals surface area contributed by atoms with E-state index in [-0.39, 0.29) is 5.78 Å². The predicted octanol–water partition coefficient (Wildman–Crippen LogP) is 2.79. The van der Waals surface area contributed by atoms with Crippen LogP contribution in [0.25, 0.3) is 0 Å². The van der Waals surface area contributed by atoms with Crippen molar-refractivity contribution in [3.05, 3.63) is 66.0 Å². The summed E-state index contributed by atoms with van der Waals surface area (Å²) in [7, 11) is 0. The van der Waals surface area contributed by atoms with E-state index in [0.29, 0.717) is 13.1 Å². The largest absolute Gasteiger partial charge is 0.293 e. The van der Waals surface area contributed by atoms with E-state index in [1.807, 2.05) is 48.5 Å². The van der Waals surface area contributed by atoms with Crippen LogP contribution in [-0.4, -0.2) is 28.8 Å². The molecular formula is C16H18N2O. The molecule has 3 nitrogen and oxygen atoms in total. The van der Waals surface area contributed by atoms with Crippen molar-refractivity contribution in [3.63, 3.8) is 0 Å². The van der Waals surface area contributed by atoms with Gasteiger partial charge in [0.15, 0.2) is 5.78 Å². The highest BCUT2D eigenvalue weighted by atomic mass is 16.1. The maximum atomic E-state index is 12.1. The molecular weight excluding hydrogens is 236 g/mol. The summed E-state index contributed by atoms with van der Waals surface area (Å²) in [6, 6.07) is 15.3. The highest BCUT2D eigenvalue weighted by Crippen LogP contribution is 2.05. The number of pyridine rings is 1. The Bertz CT molecular complexity index is 511. The molecule has 0 fully saturated rings. The van der Waals surface area contributed by atoms with Crippen LogP contribution in [0.5, 0.6) is 0 Å². The summed E-state index contributed by atoms with van der Waals surface area (Å²) in [6.07, 6.45) is 1.78. The molecule has 0 radical (unpaired) electrons. The first-order chi connectivity index (χ1) is 9.29. The molecule has 19 heavy (non-hydrogen) atoms. The monoisotopic (exact) mass is 254 g/mol. The summed E-state index contributed by atoms with van der Waals surface area (Å²) >= 11 is 0. The Labute approximate surface area is 113 Å². The lowest BCUT2D eigenvalue weighted by atomic mass is 10.1. The zero-order chi connectivity index (χ0) is 13.5. The smallest absolute Gasteiger partial charge is 0.176 e. The molecule has 0 aliphatic heterocycles. The number of Topliss-reactive ketones (excluding diaryl/α,β-unsaturated/α-hetero) is 1. The summed E-state index contributed by atoms with van der Waals surface area (Å²) in [5, 5.41) is 0. The van der Waals surface area contributed by atoms with Crippen LogP contribution in [0.2, 0.25) is 0 Å². The van der Waals surface area contributed by atoms with E-state index < -0.39 is 0 Å². The Morgan fingerprint density at radius 1 is 1.11 bits per heavy atom. The SMILES string of the molecule is CCN(CC(=O)c1ccccc1)Cc1ccccn1. The third-order valence-electron chi connectivity index (χ3n) is 3.02. The van der Waals surface area contributed by atoms with Crippen molar-refractivity contribution in [3.8, 4) is 0 Å². The fourth-order valence-corrected chi connectivity index (χ4v) is 1.92. The molecule has 3 heteroatoms. The van der Waals surface area contributed by atoms with Crippen LogP contribution in [0.1, 0.15) is 23.0 Å². The summed E-state index contributed by atoms with van der Waals surface area (Å²) in [4.78, 5) is 18.5. The normalized spacial score (nSPS) is 10.6. The van der Waals surface area contributed by atoms with Gasteiger partial charge in [-0.15, -0.1) is 0 Å². The van der Waals surface area contributed by atoms with Crippen molar-refractivity contribution in [2.75, 3.05) is 13.1 Å². The molecule has 1 heterocycles. The van der Waals surface area contributed by atoms with Gasteiger partial charge in [-0.3, -0.25) is 14.7 Å². The minimum atomic E-state index is 0.151. The third kappa shape index (κ3) is 4.00. The quantitative estimate of drug-likeness (QED) is 0.743. The molecule has 0 unspecified atom stereocenters. The molecule has 0 spiro atoms. The van der Waals surface area contributed by atoms with Gasteiger partial charge in [-0.2, -0.15) is 0 Å². The molecule has 2 rings (SSSR count). The molecule has 0 bridgehead atoms. The van der Waals surface area contributed by atoms with Gasteiger partial charge in [-0.05, 0) is 18.7 Å². The molecule has 0 amide bonds. The van der Waals surface area contributed by atoms with Crippen molar-refractivity contribution >= 4 is 5.78 Å². The average molecular weight is 254 g/mol. The summed E-state index contributed by atoms with van der Waals surface area (Å²) in [5.74, 6) is 0.151. The van der Waals surface area contributed by atoms with Crippen LogP contribution in [0.3, 0.4) is 0 Å². The second-order valence-electron chi connectivity index (χ2n) is 4.41. The van der Waals surface area contributed by atoms with E-state index in [2.05, 4.69) is 16.8 Å². The number of benzene rings is 1. The third-order valence-corrected chi connectivity index (χ3v) is 3.02. The van der Waals surface area contributed by atoms with Gasteiger partial charge in [0, 0.05) is 18.3 Å². The van der Waals surface area contributed by atoms with Crippen molar-refractivity contribution in [1.29, 1.82) is 0 Å². The minimum absolute atomic E-state index is 0.151. The molecule has 2 aromatic rings. The molecule has 1 aromatic heterocycles. The lowest BCUT2D eigenvalue weighted by molar-refractivity contribution is 0.0929. The van der Waals surface area contributed by atoms with Crippen molar-refractivity contribution < 1.29 is 4.79 Å². The van der Waals surface area contributed by atoms with E-state index in [1.54, 1.807) is 6.20 Å². The maximum absolute atomic E-state index is 12.1. The van der Waals surface area contributed by atoms with Crippen LogP contribution in [-0.2, 0) is 6.54 Å². The number of hydrogen-bond acceptors (Lipinski definition) is 3. The minimum Gasteiger partial charge on any atom is -0.293 e. The van der Waals surface area contributed by atoms with E-state index >= 15 is 0 Å². The Kier molecular flexibility index (Phi) is 4.81. The molecule has 0 aliphatic carbocycles. The average Bonchev–Trinajstić information content (AvgIpc) is 2.48. The van der Waals surface area contributed by atoms with Crippen molar-refractivity contribution in [2.45, 2.75) is 13.5 Å². The number of rotatable bonds is 6. The summed E-state index contributed by atoms with van der Waals surface area (Å²) in [5.41, 5.74) is 1.76. The van der Waals surface area contributed by atoms with E-state index in [0.717, 1.165) is 17.8 Å². The van der Waals surface area contributed by atoms with E-state index in [1.165, 1.54) is 0 Å². The van der Waals surface area contributed by atoms with Crippen LogP contribution >= 0.6 is 0 Å². The number of nitrogens with zero attached hydrogens (tertiary/aromatic N) is 2. The first-order valence-electron chi connectivity index (χ1n) is 6.50. The lowest BCUT2D eigenvalue weighted by Gasteiger charge is -2.19. The molecule has 1 aromatic carbocycles. The van der Waals surface area contributed by atoms with Gasteiger partial charge in [-0.1, -0.05) is 43.3 Å². The topological polar surface area (TPSA) is 33.2 Å².